The highest BCUT2D eigenvalue weighted by atomic mass is 15.1. The quantitative estimate of drug-likeness (QED) is 0.150. The van der Waals surface area contributed by atoms with E-state index in [0.29, 0.717) is 0 Å². The van der Waals surface area contributed by atoms with Crippen LogP contribution in [0.15, 0.2) is 243 Å². The van der Waals surface area contributed by atoms with Crippen molar-refractivity contribution in [3.8, 4) is 50.2 Å². The third kappa shape index (κ3) is 6.32. The first-order chi connectivity index (χ1) is 29.8. The van der Waals surface area contributed by atoms with Crippen molar-refractivity contribution in [2.24, 2.45) is 0 Å². The van der Waals surface area contributed by atoms with E-state index in [1.165, 1.54) is 82.8 Å². The molecule has 0 bridgehead atoms. The molecule has 0 saturated carbocycles. The monoisotopic (exact) mass is 764 g/mol. The lowest BCUT2D eigenvalue weighted by Crippen LogP contribution is -2.10. The van der Waals surface area contributed by atoms with E-state index in [9.17, 15) is 0 Å². The molecule has 2 nitrogen and oxygen atoms in total. The lowest BCUT2D eigenvalue weighted by Gasteiger charge is -2.27. The van der Waals surface area contributed by atoms with Crippen molar-refractivity contribution in [2.75, 3.05) is 4.90 Å². The van der Waals surface area contributed by atoms with Gasteiger partial charge in [0.1, 0.15) is 0 Å². The van der Waals surface area contributed by atoms with Crippen LogP contribution in [0, 0.1) is 0 Å². The van der Waals surface area contributed by atoms with Crippen molar-refractivity contribution in [3.05, 3.63) is 243 Å². The van der Waals surface area contributed by atoms with Crippen LogP contribution in [0.5, 0.6) is 0 Å². The Morgan fingerprint density at radius 2 is 0.767 bits per heavy atom. The summed E-state index contributed by atoms with van der Waals surface area (Å²) in [5, 5.41) is 4.94. The summed E-state index contributed by atoms with van der Waals surface area (Å²) in [6.45, 7) is 0. The van der Waals surface area contributed by atoms with Crippen molar-refractivity contribution >= 4 is 49.6 Å². The molecule has 10 aromatic carbocycles. The predicted octanol–water partition coefficient (Wildman–Crippen LogP) is 16.1. The molecule has 60 heavy (non-hydrogen) atoms. The Morgan fingerprint density at radius 1 is 0.283 bits per heavy atom. The standard InChI is InChI=1S/C58H40N2/c1-2-15-41(16-3-1)42-31-33-43(34-32-42)47-20-13-22-50(40-47)59(55-30-14-18-45-17-4-5-23-51(45)55)49-37-35-44(36-38-49)46-19-12-21-48(39-46)52-24-6-9-27-56(52)60-57-28-10-7-25-53(57)54-26-8-11-29-58(54)60/h1-40H. The summed E-state index contributed by atoms with van der Waals surface area (Å²) in [7, 11) is 0. The van der Waals surface area contributed by atoms with E-state index in [1.807, 2.05) is 0 Å². The zero-order valence-electron chi connectivity index (χ0n) is 33.0. The fraction of sp³-hybridized carbons (Fsp3) is 0. The zero-order valence-corrected chi connectivity index (χ0v) is 33.0. The van der Waals surface area contributed by atoms with Gasteiger partial charge in [-0.1, -0.05) is 188 Å². The summed E-state index contributed by atoms with van der Waals surface area (Å²) < 4.78 is 2.41. The van der Waals surface area contributed by atoms with Crippen molar-refractivity contribution in [1.29, 1.82) is 0 Å². The number of rotatable bonds is 8. The number of hydrogen-bond acceptors (Lipinski definition) is 1. The van der Waals surface area contributed by atoms with Crippen LogP contribution >= 0.6 is 0 Å². The molecule has 0 saturated heterocycles. The average Bonchev–Trinajstić information content (AvgIpc) is 3.67. The molecule has 0 amide bonds. The number of anilines is 3. The van der Waals surface area contributed by atoms with Gasteiger partial charge < -0.3 is 9.47 Å². The van der Waals surface area contributed by atoms with Gasteiger partial charge in [0.2, 0.25) is 0 Å². The lowest BCUT2D eigenvalue weighted by molar-refractivity contribution is 1.18. The summed E-state index contributed by atoms with van der Waals surface area (Å²) >= 11 is 0. The van der Waals surface area contributed by atoms with Gasteiger partial charge in [0.15, 0.2) is 0 Å². The number of aromatic nitrogens is 1. The van der Waals surface area contributed by atoms with Crippen LogP contribution in [0.4, 0.5) is 17.1 Å². The van der Waals surface area contributed by atoms with Crippen molar-refractivity contribution in [2.45, 2.75) is 0 Å². The SMILES string of the molecule is c1ccc(-c2ccc(-c3cccc(N(c4ccc(-c5cccc(-c6ccccc6-n6c7ccccc7c7ccccc76)c5)cc4)c4cccc5ccccc45)c3)cc2)cc1. The van der Waals surface area contributed by atoms with Crippen LogP contribution in [-0.2, 0) is 0 Å². The maximum atomic E-state index is 2.41. The molecular weight excluding hydrogens is 725 g/mol. The number of fused-ring (bicyclic) bond motifs is 4. The fourth-order valence-electron chi connectivity index (χ4n) is 8.90. The van der Waals surface area contributed by atoms with Crippen molar-refractivity contribution < 1.29 is 0 Å². The fourth-order valence-corrected chi connectivity index (χ4v) is 8.90. The molecule has 11 rings (SSSR count). The second-order valence-corrected chi connectivity index (χ2v) is 15.3. The number of hydrogen-bond donors (Lipinski definition) is 0. The number of para-hydroxylation sites is 3. The minimum absolute atomic E-state index is 1.10. The average molecular weight is 765 g/mol. The summed E-state index contributed by atoms with van der Waals surface area (Å²) in [5.41, 5.74) is 16.4. The number of benzene rings is 10. The Bertz CT molecular complexity index is 3240. The summed E-state index contributed by atoms with van der Waals surface area (Å²) in [6, 6.07) is 87.8. The van der Waals surface area contributed by atoms with E-state index in [-0.39, 0.29) is 0 Å². The first-order valence-corrected chi connectivity index (χ1v) is 20.6. The van der Waals surface area contributed by atoms with Gasteiger partial charge in [0.05, 0.1) is 22.4 Å². The normalized spacial score (nSPS) is 11.3. The van der Waals surface area contributed by atoms with E-state index in [2.05, 4.69) is 252 Å². The van der Waals surface area contributed by atoms with Crippen LogP contribution in [0.1, 0.15) is 0 Å². The highest BCUT2D eigenvalue weighted by molar-refractivity contribution is 6.09. The molecule has 0 radical (unpaired) electrons. The topological polar surface area (TPSA) is 8.17 Å². The number of nitrogens with zero attached hydrogens (tertiary/aromatic N) is 2. The maximum Gasteiger partial charge on any atom is 0.0541 e. The van der Waals surface area contributed by atoms with E-state index >= 15 is 0 Å². The molecule has 1 heterocycles. The van der Waals surface area contributed by atoms with Gasteiger partial charge in [-0.15, -0.1) is 0 Å². The molecule has 0 N–H and O–H groups in total. The van der Waals surface area contributed by atoms with Crippen LogP contribution < -0.4 is 4.90 Å². The molecule has 0 atom stereocenters. The lowest BCUT2D eigenvalue weighted by atomic mass is 9.97. The maximum absolute atomic E-state index is 2.41. The highest BCUT2D eigenvalue weighted by Crippen LogP contribution is 2.42. The second-order valence-electron chi connectivity index (χ2n) is 15.3. The van der Waals surface area contributed by atoms with Gasteiger partial charge in [-0.05, 0) is 98.9 Å². The highest BCUT2D eigenvalue weighted by Gasteiger charge is 2.18. The second kappa shape index (κ2) is 15.1. The predicted molar refractivity (Wildman–Crippen MR) is 255 cm³/mol. The Kier molecular flexibility index (Phi) is 8.87. The van der Waals surface area contributed by atoms with Gasteiger partial charge >= 0.3 is 0 Å². The Balaban J connectivity index is 0.975. The van der Waals surface area contributed by atoms with Gasteiger partial charge in [0.25, 0.3) is 0 Å². The first kappa shape index (κ1) is 35.2. The molecule has 0 aliphatic carbocycles. The third-order valence-corrected chi connectivity index (χ3v) is 11.8. The minimum Gasteiger partial charge on any atom is -0.310 e. The van der Waals surface area contributed by atoms with E-state index in [4.69, 9.17) is 0 Å². The van der Waals surface area contributed by atoms with E-state index in [0.717, 1.165) is 17.1 Å². The molecule has 2 heteroatoms. The van der Waals surface area contributed by atoms with E-state index < -0.39 is 0 Å². The molecule has 282 valence electrons. The van der Waals surface area contributed by atoms with Gasteiger partial charge in [0, 0.05) is 33.1 Å². The first-order valence-electron chi connectivity index (χ1n) is 20.6. The van der Waals surface area contributed by atoms with Crippen LogP contribution in [0.25, 0.3) is 82.8 Å². The van der Waals surface area contributed by atoms with Crippen LogP contribution in [0.2, 0.25) is 0 Å². The summed E-state index contributed by atoms with van der Waals surface area (Å²) in [5.74, 6) is 0. The molecule has 0 fully saturated rings. The molecule has 1 aromatic heterocycles. The molecule has 0 aliphatic rings. The zero-order chi connectivity index (χ0) is 39.8. The molecule has 11 aromatic rings. The molecule has 0 aliphatic heterocycles. The Morgan fingerprint density at radius 3 is 1.50 bits per heavy atom. The van der Waals surface area contributed by atoms with Crippen molar-refractivity contribution in [3.63, 3.8) is 0 Å². The van der Waals surface area contributed by atoms with Crippen LogP contribution in [-0.4, -0.2) is 4.57 Å². The summed E-state index contributed by atoms with van der Waals surface area (Å²) in [6.07, 6.45) is 0. The Labute approximate surface area is 350 Å². The van der Waals surface area contributed by atoms with Crippen molar-refractivity contribution in [1.82, 2.24) is 4.57 Å². The Hall–Kier alpha value is -7.94. The summed E-state index contributed by atoms with van der Waals surface area (Å²) in [4.78, 5) is 2.40. The molecule has 0 unspecified atom stereocenters. The van der Waals surface area contributed by atoms with Gasteiger partial charge in [-0.3, -0.25) is 0 Å². The van der Waals surface area contributed by atoms with Gasteiger partial charge in [-0.2, -0.15) is 0 Å². The third-order valence-electron chi connectivity index (χ3n) is 11.8. The largest absolute Gasteiger partial charge is 0.310 e. The minimum atomic E-state index is 1.10. The van der Waals surface area contributed by atoms with Gasteiger partial charge in [-0.25, -0.2) is 0 Å². The molecular formula is C58H40N2. The van der Waals surface area contributed by atoms with E-state index in [1.54, 1.807) is 0 Å². The van der Waals surface area contributed by atoms with Crippen LogP contribution in [0.3, 0.4) is 0 Å². The molecule has 0 spiro atoms. The smallest absolute Gasteiger partial charge is 0.0541 e.